The molecule has 5 nitrogen and oxygen atoms in total. The van der Waals surface area contributed by atoms with Crippen LogP contribution in [0, 0.1) is 0 Å². The number of benzene rings is 3. The number of carbonyl (C=O) groups is 1. The van der Waals surface area contributed by atoms with Gasteiger partial charge >= 0.3 is 0 Å². The van der Waals surface area contributed by atoms with Crippen LogP contribution in [0.5, 0.6) is 0 Å². The van der Waals surface area contributed by atoms with Crippen molar-refractivity contribution in [3.63, 3.8) is 0 Å². The van der Waals surface area contributed by atoms with Crippen molar-refractivity contribution >= 4 is 61.9 Å². The molecule has 1 amide bonds. The van der Waals surface area contributed by atoms with Gasteiger partial charge in [0.2, 0.25) is 0 Å². The standard InChI is InChI=1S/C24H20BrClN4OS/c1-16(17-10-12-19(25)13-11-17)28-29-23(31)15-32-24-27-21-8-4-5-9-22(21)30(24)14-18-6-2-3-7-20(18)26/h2-13H,14-15H2,1H3,(H,29,31)/b28-16-. The van der Waals surface area contributed by atoms with E-state index in [1.54, 1.807) is 0 Å². The summed E-state index contributed by atoms with van der Waals surface area (Å²) < 4.78 is 3.08. The van der Waals surface area contributed by atoms with E-state index < -0.39 is 0 Å². The summed E-state index contributed by atoms with van der Waals surface area (Å²) in [5, 5.41) is 5.69. The topological polar surface area (TPSA) is 59.3 Å². The van der Waals surface area contributed by atoms with Gasteiger partial charge in [-0.05, 0) is 48.4 Å². The second kappa shape index (κ2) is 10.3. The van der Waals surface area contributed by atoms with Crippen molar-refractivity contribution in [2.24, 2.45) is 5.10 Å². The minimum absolute atomic E-state index is 0.192. The van der Waals surface area contributed by atoms with E-state index in [0.717, 1.165) is 37.5 Å². The molecule has 1 aromatic heterocycles. The van der Waals surface area contributed by atoms with Gasteiger partial charge in [-0.25, -0.2) is 10.4 Å². The molecule has 0 fully saturated rings. The first-order chi connectivity index (χ1) is 15.5. The molecular formula is C24H20BrClN4OS. The molecule has 0 atom stereocenters. The molecule has 0 radical (unpaired) electrons. The highest BCUT2D eigenvalue weighted by atomic mass is 79.9. The molecule has 162 valence electrons. The first-order valence-electron chi connectivity index (χ1n) is 9.92. The van der Waals surface area contributed by atoms with Crippen molar-refractivity contribution < 1.29 is 4.79 Å². The number of fused-ring (bicyclic) bond motifs is 1. The van der Waals surface area contributed by atoms with Crippen LogP contribution in [-0.2, 0) is 11.3 Å². The number of carbonyl (C=O) groups excluding carboxylic acids is 1. The van der Waals surface area contributed by atoms with E-state index in [1.165, 1.54) is 11.8 Å². The third-order valence-corrected chi connectivity index (χ3v) is 6.72. The Morgan fingerprint density at radius 3 is 2.59 bits per heavy atom. The van der Waals surface area contributed by atoms with Gasteiger partial charge in [0.1, 0.15) is 0 Å². The number of halogens is 2. The van der Waals surface area contributed by atoms with Crippen LogP contribution in [0.3, 0.4) is 0 Å². The van der Waals surface area contributed by atoms with Crippen LogP contribution in [0.25, 0.3) is 11.0 Å². The predicted molar refractivity (Wildman–Crippen MR) is 136 cm³/mol. The van der Waals surface area contributed by atoms with Crippen LogP contribution in [0.4, 0.5) is 0 Å². The van der Waals surface area contributed by atoms with Gasteiger partial charge < -0.3 is 4.57 Å². The molecule has 0 aliphatic heterocycles. The maximum absolute atomic E-state index is 12.4. The highest BCUT2D eigenvalue weighted by Gasteiger charge is 2.14. The van der Waals surface area contributed by atoms with Crippen molar-refractivity contribution in [2.45, 2.75) is 18.6 Å². The Morgan fingerprint density at radius 1 is 1.09 bits per heavy atom. The minimum Gasteiger partial charge on any atom is -0.314 e. The molecule has 0 saturated heterocycles. The average molecular weight is 528 g/mol. The van der Waals surface area contributed by atoms with Crippen molar-refractivity contribution in [1.82, 2.24) is 15.0 Å². The molecule has 1 N–H and O–H groups in total. The van der Waals surface area contributed by atoms with Crippen LogP contribution in [0.2, 0.25) is 5.02 Å². The van der Waals surface area contributed by atoms with Crippen LogP contribution in [0.15, 0.2) is 87.5 Å². The number of para-hydroxylation sites is 2. The van der Waals surface area contributed by atoms with E-state index in [4.69, 9.17) is 16.6 Å². The van der Waals surface area contributed by atoms with E-state index in [2.05, 4.69) is 31.0 Å². The zero-order chi connectivity index (χ0) is 22.5. The number of hydrogen-bond donors (Lipinski definition) is 1. The third-order valence-electron chi connectivity index (χ3n) is 4.85. The first-order valence-corrected chi connectivity index (χ1v) is 12.1. The SMILES string of the molecule is C/C(=N/NC(=O)CSc1nc2ccccc2n1Cc1ccccc1Cl)c1ccc(Br)cc1. The van der Waals surface area contributed by atoms with Crippen LogP contribution in [0.1, 0.15) is 18.1 Å². The van der Waals surface area contributed by atoms with E-state index in [-0.39, 0.29) is 11.7 Å². The number of nitrogens with zero attached hydrogens (tertiary/aromatic N) is 3. The highest BCUT2D eigenvalue weighted by Crippen LogP contribution is 2.27. The summed E-state index contributed by atoms with van der Waals surface area (Å²) in [6, 6.07) is 23.4. The molecule has 4 aromatic rings. The molecule has 0 bridgehead atoms. The van der Waals surface area contributed by atoms with Crippen molar-refractivity contribution in [2.75, 3.05) is 5.75 Å². The normalized spacial score (nSPS) is 11.7. The second-order valence-electron chi connectivity index (χ2n) is 7.09. The summed E-state index contributed by atoms with van der Waals surface area (Å²) in [7, 11) is 0. The second-order valence-corrected chi connectivity index (χ2v) is 9.35. The highest BCUT2D eigenvalue weighted by molar-refractivity contribution is 9.10. The Kier molecular flexibility index (Phi) is 7.29. The lowest BCUT2D eigenvalue weighted by Gasteiger charge is -2.10. The molecule has 0 aliphatic carbocycles. The van der Waals surface area contributed by atoms with E-state index >= 15 is 0 Å². The number of amides is 1. The van der Waals surface area contributed by atoms with Gasteiger partial charge in [0.05, 0.1) is 29.0 Å². The van der Waals surface area contributed by atoms with Gasteiger partial charge in [-0.15, -0.1) is 0 Å². The van der Waals surface area contributed by atoms with Gasteiger partial charge in [-0.2, -0.15) is 5.10 Å². The Morgan fingerprint density at radius 2 is 1.81 bits per heavy atom. The van der Waals surface area contributed by atoms with Crippen molar-refractivity contribution in [1.29, 1.82) is 0 Å². The van der Waals surface area contributed by atoms with Crippen molar-refractivity contribution in [3.05, 3.63) is 93.4 Å². The number of thioether (sulfide) groups is 1. The molecule has 32 heavy (non-hydrogen) atoms. The maximum Gasteiger partial charge on any atom is 0.250 e. The van der Waals surface area contributed by atoms with Gasteiger partial charge in [0.15, 0.2) is 5.16 Å². The number of hydrogen-bond acceptors (Lipinski definition) is 4. The smallest absolute Gasteiger partial charge is 0.250 e. The number of aromatic nitrogens is 2. The average Bonchev–Trinajstić information content (AvgIpc) is 3.15. The van der Waals surface area contributed by atoms with Gasteiger partial charge in [0, 0.05) is 9.50 Å². The van der Waals surface area contributed by atoms with Gasteiger partial charge in [0.25, 0.3) is 5.91 Å². The molecule has 1 heterocycles. The Labute approximate surface area is 204 Å². The fraction of sp³-hybridized carbons (Fsp3) is 0.125. The zero-order valence-electron chi connectivity index (χ0n) is 17.3. The maximum atomic E-state index is 12.4. The fourth-order valence-electron chi connectivity index (χ4n) is 3.18. The molecule has 0 unspecified atom stereocenters. The van der Waals surface area contributed by atoms with Crippen LogP contribution >= 0.6 is 39.3 Å². The lowest BCUT2D eigenvalue weighted by Crippen LogP contribution is -2.21. The minimum atomic E-state index is -0.192. The van der Waals surface area contributed by atoms with E-state index in [9.17, 15) is 4.79 Å². The summed E-state index contributed by atoms with van der Waals surface area (Å²) in [4.78, 5) is 17.2. The predicted octanol–water partition coefficient (Wildman–Crippen LogP) is 6.13. The number of hydrazone groups is 1. The summed E-state index contributed by atoms with van der Waals surface area (Å²) in [5.41, 5.74) is 7.20. The monoisotopic (exact) mass is 526 g/mol. The first kappa shape index (κ1) is 22.6. The fourth-order valence-corrected chi connectivity index (χ4v) is 4.44. The zero-order valence-corrected chi connectivity index (χ0v) is 20.4. The summed E-state index contributed by atoms with van der Waals surface area (Å²) in [5.74, 6) is 0.00554. The Bertz CT molecular complexity index is 1290. The van der Waals surface area contributed by atoms with Crippen LogP contribution < -0.4 is 5.43 Å². The quantitative estimate of drug-likeness (QED) is 0.179. The van der Waals surface area contributed by atoms with Gasteiger partial charge in [-0.1, -0.05) is 81.8 Å². The summed E-state index contributed by atoms with van der Waals surface area (Å²) >= 11 is 11.2. The lowest BCUT2D eigenvalue weighted by atomic mass is 10.1. The molecule has 0 spiro atoms. The number of nitrogens with one attached hydrogen (secondary N) is 1. The van der Waals surface area contributed by atoms with Crippen molar-refractivity contribution in [3.8, 4) is 0 Å². The van der Waals surface area contributed by atoms with E-state index in [0.29, 0.717) is 11.6 Å². The molecular weight excluding hydrogens is 508 g/mol. The molecule has 0 aliphatic rings. The number of imidazole rings is 1. The largest absolute Gasteiger partial charge is 0.314 e. The third kappa shape index (κ3) is 5.41. The Balaban J connectivity index is 1.48. The summed E-state index contributed by atoms with van der Waals surface area (Å²) in [6.45, 7) is 2.44. The molecule has 3 aromatic carbocycles. The molecule has 0 saturated carbocycles. The Hall–Kier alpha value is -2.61. The van der Waals surface area contributed by atoms with Gasteiger partial charge in [-0.3, -0.25) is 4.79 Å². The van der Waals surface area contributed by atoms with E-state index in [1.807, 2.05) is 79.7 Å². The summed E-state index contributed by atoms with van der Waals surface area (Å²) in [6.07, 6.45) is 0. The lowest BCUT2D eigenvalue weighted by molar-refractivity contribution is -0.118. The number of rotatable bonds is 7. The molecule has 4 rings (SSSR count). The van der Waals surface area contributed by atoms with Crippen LogP contribution in [-0.4, -0.2) is 26.9 Å². The molecule has 8 heteroatoms.